The van der Waals surface area contributed by atoms with E-state index in [-0.39, 0.29) is 11.9 Å². The molecule has 2 N–H and O–H groups in total. The highest BCUT2D eigenvalue weighted by Gasteiger charge is 2.40. The number of anilines is 1. The number of furan rings is 1. The van der Waals surface area contributed by atoms with Gasteiger partial charge in [0.05, 0.1) is 11.9 Å². The van der Waals surface area contributed by atoms with Gasteiger partial charge in [-0.15, -0.1) is 0 Å². The van der Waals surface area contributed by atoms with Crippen LogP contribution < -0.4 is 10.6 Å². The summed E-state index contributed by atoms with van der Waals surface area (Å²) in [5, 5.41) is 7.65. The molecule has 2 atom stereocenters. The summed E-state index contributed by atoms with van der Waals surface area (Å²) in [5.74, 6) is 0.514. The Balaban J connectivity index is 1.37. The van der Waals surface area contributed by atoms with Crippen LogP contribution in [0.5, 0.6) is 0 Å². The van der Waals surface area contributed by atoms with Crippen LogP contribution in [0, 0.1) is 5.92 Å². The first-order valence-electron chi connectivity index (χ1n) is 9.38. The molecule has 0 unspecified atom stereocenters. The SMILES string of the molecule is C[C@H]1[C@H](NC(=O)c2cc3c(NC4CC4)coc3cn2)C2CCN1CC2. The summed E-state index contributed by atoms with van der Waals surface area (Å²) >= 11 is 0. The van der Waals surface area contributed by atoms with Gasteiger partial charge in [0.1, 0.15) is 12.0 Å². The molecule has 5 heterocycles. The standard InChI is InChI=1S/C19H24N4O2/c1-11-18(12-4-6-23(11)7-5-12)22-19(24)15-8-14-16(21-13-2-3-13)10-25-17(14)9-20-15/h8-13,18,21H,2-7H2,1H3,(H,22,24)/t11-,18-/m0/s1. The van der Waals surface area contributed by atoms with E-state index in [1.165, 1.54) is 25.7 Å². The van der Waals surface area contributed by atoms with E-state index < -0.39 is 0 Å². The molecule has 6 rings (SSSR count). The number of amides is 1. The van der Waals surface area contributed by atoms with Crippen LogP contribution in [0.25, 0.3) is 11.0 Å². The Morgan fingerprint density at radius 2 is 2.08 bits per heavy atom. The van der Waals surface area contributed by atoms with E-state index >= 15 is 0 Å². The molecule has 0 radical (unpaired) electrons. The minimum Gasteiger partial charge on any atom is -0.460 e. The fourth-order valence-corrected chi connectivity index (χ4v) is 4.39. The molecule has 0 aromatic carbocycles. The van der Waals surface area contributed by atoms with Gasteiger partial charge in [-0.2, -0.15) is 0 Å². The van der Waals surface area contributed by atoms with Crippen LogP contribution >= 0.6 is 0 Å². The van der Waals surface area contributed by atoms with E-state index in [1.54, 1.807) is 12.5 Å². The van der Waals surface area contributed by atoms with E-state index in [2.05, 4.69) is 27.4 Å². The average molecular weight is 340 g/mol. The van der Waals surface area contributed by atoms with Gasteiger partial charge in [-0.25, -0.2) is 4.98 Å². The van der Waals surface area contributed by atoms with E-state index in [0.717, 1.165) is 29.7 Å². The third kappa shape index (κ3) is 2.68. The summed E-state index contributed by atoms with van der Waals surface area (Å²) < 4.78 is 5.56. The molecule has 1 amide bonds. The number of piperidine rings is 3. The van der Waals surface area contributed by atoms with Crippen molar-refractivity contribution >= 4 is 22.6 Å². The topological polar surface area (TPSA) is 70.4 Å². The Kier molecular flexibility index (Phi) is 3.48. The minimum absolute atomic E-state index is 0.0777. The lowest BCUT2D eigenvalue weighted by molar-refractivity contribution is 0.0216. The number of rotatable bonds is 4. The van der Waals surface area contributed by atoms with Gasteiger partial charge in [-0.3, -0.25) is 9.69 Å². The monoisotopic (exact) mass is 340 g/mol. The van der Waals surface area contributed by atoms with Gasteiger partial charge in [0.2, 0.25) is 0 Å². The Labute approximate surface area is 147 Å². The first-order valence-corrected chi connectivity index (χ1v) is 9.38. The van der Waals surface area contributed by atoms with Gasteiger partial charge in [0, 0.05) is 23.5 Å². The molecule has 3 aliphatic heterocycles. The number of nitrogens with zero attached hydrogens (tertiary/aromatic N) is 2. The van der Waals surface area contributed by atoms with Gasteiger partial charge >= 0.3 is 0 Å². The maximum Gasteiger partial charge on any atom is 0.270 e. The molecule has 0 spiro atoms. The first-order chi connectivity index (χ1) is 12.2. The van der Waals surface area contributed by atoms with Crippen LogP contribution in [-0.2, 0) is 0 Å². The Bertz CT molecular complexity index is 803. The van der Waals surface area contributed by atoms with Crippen molar-refractivity contribution in [1.82, 2.24) is 15.2 Å². The third-order valence-corrected chi connectivity index (χ3v) is 6.11. The molecular formula is C19H24N4O2. The Hall–Kier alpha value is -2.08. The van der Waals surface area contributed by atoms with Crippen LogP contribution in [0.4, 0.5) is 5.69 Å². The van der Waals surface area contributed by atoms with E-state index in [0.29, 0.717) is 23.7 Å². The molecule has 1 aliphatic carbocycles. The maximum atomic E-state index is 12.8. The van der Waals surface area contributed by atoms with Gasteiger partial charge < -0.3 is 15.1 Å². The summed E-state index contributed by atoms with van der Waals surface area (Å²) in [6.45, 7) is 4.54. The van der Waals surface area contributed by atoms with Crippen LogP contribution in [0.15, 0.2) is 22.9 Å². The molecule has 4 aliphatic rings. The Morgan fingerprint density at radius 3 is 2.80 bits per heavy atom. The zero-order valence-corrected chi connectivity index (χ0v) is 14.5. The highest BCUT2D eigenvalue weighted by molar-refractivity contribution is 5.99. The second-order valence-electron chi connectivity index (χ2n) is 7.75. The molecule has 25 heavy (non-hydrogen) atoms. The van der Waals surface area contributed by atoms with Crippen molar-refractivity contribution in [3.63, 3.8) is 0 Å². The van der Waals surface area contributed by atoms with Gasteiger partial charge in [0.25, 0.3) is 5.91 Å². The maximum absolute atomic E-state index is 12.8. The molecule has 4 fully saturated rings. The average Bonchev–Trinajstić information content (AvgIpc) is 3.37. The number of nitrogens with one attached hydrogen (secondary N) is 2. The summed E-state index contributed by atoms with van der Waals surface area (Å²) in [5.41, 5.74) is 2.15. The predicted octanol–water partition coefficient (Wildman–Crippen LogP) is 2.61. The summed E-state index contributed by atoms with van der Waals surface area (Å²) in [4.78, 5) is 19.6. The third-order valence-electron chi connectivity index (χ3n) is 6.11. The normalized spacial score (nSPS) is 31.2. The number of carbonyl (C=O) groups excluding carboxylic acids is 1. The van der Waals surface area contributed by atoms with Crippen molar-refractivity contribution in [2.24, 2.45) is 5.92 Å². The van der Waals surface area contributed by atoms with Crippen molar-refractivity contribution < 1.29 is 9.21 Å². The fraction of sp³-hybridized carbons (Fsp3) is 0.579. The number of pyridine rings is 1. The molecule has 6 heteroatoms. The molecule has 132 valence electrons. The fourth-order valence-electron chi connectivity index (χ4n) is 4.39. The zero-order valence-electron chi connectivity index (χ0n) is 14.5. The minimum atomic E-state index is -0.0777. The van der Waals surface area contributed by atoms with E-state index in [4.69, 9.17) is 4.42 Å². The van der Waals surface area contributed by atoms with Gasteiger partial charge in [-0.1, -0.05) is 0 Å². The molecule has 2 bridgehead atoms. The second kappa shape index (κ2) is 5.73. The Morgan fingerprint density at radius 1 is 1.28 bits per heavy atom. The first kappa shape index (κ1) is 15.2. The molecule has 2 aromatic heterocycles. The summed E-state index contributed by atoms with van der Waals surface area (Å²) in [6.07, 6.45) is 8.13. The lowest BCUT2D eigenvalue weighted by atomic mass is 9.79. The van der Waals surface area contributed by atoms with Gasteiger partial charge in [0.15, 0.2) is 5.58 Å². The predicted molar refractivity (Wildman–Crippen MR) is 95.7 cm³/mol. The van der Waals surface area contributed by atoms with Crippen LogP contribution in [0.2, 0.25) is 0 Å². The van der Waals surface area contributed by atoms with E-state index in [1.807, 2.05) is 6.07 Å². The summed E-state index contributed by atoms with van der Waals surface area (Å²) in [7, 11) is 0. The number of hydrogen-bond donors (Lipinski definition) is 2. The second-order valence-corrected chi connectivity index (χ2v) is 7.75. The number of aromatic nitrogens is 1. The van der Waals surface area contributed by atoms with Crippen LogP contribution in [0.3, 0.4) is 0 Å². The van der Waals surface area contributed by atoms with Crippen LogP contribution in [0.1, 0.15) is 43.1 Å². The molecule has 3 saturated heterocycles. The van der Waals surface area contributed by atoms with Crippen LogP contribution in [-0.4, -0.2) is 47.0 Å². The smallest absolute Gasteiger partial charge is 0.270 e. The summed E-state index contributed by atoms with van der Waals surface area (Å²) in [6, 6.07) is 3.02. The number of fused-ring (bicyclic) bond motifs is 4. The molecule has 1 saturated carbocycles. The van der Waals surface area contributed by atoms with Crippen molar-refractivity contribution in [2.45, 2.75) is 50.7 Å². The number of hydrogen-bond acceptors (Lipinski definition) is 5. The largest absolute Gasteiger partial charge is 0.460 e. The number of carbonyl (C=O) groups is 1. The molecular weight excluding hydrogens is 316 g/mol. The van der Waals surface area contributed by atoms with Gasteiger partial charge in [-0.05, 0) is 57.7 Å². The molecule has 6 nitrogen and oxygen atoms in total. The van der Waals surface area contributed by atoms with Crippen molar-refractivity contribution in [2.75, 3.05) is 18.4 Å². The highest BCUT2D eigenvalue weighted by Crippen LogP contribution is 2.33. The van der Waals surface area contributed by atoms with E-state index in [9.17, 15) is 4.79 Å². The quantitative estimate of drug-likeness (QED) is 0.895. The molecule has 2 aromatic rings. The lowest BCUT2D eigenvalue weighted by Crippen LogP contribution is -2.62. The lowest BCUT2D eigenvalue weighted by Gasteiger charge is -2.49. The van der Waals surface area contributed by atoms with Crippen molar-refractivity contribution in [3.8, 4) is 0 Å². The van der Waals surface area contributed by atoms with Crippen molar-refractivity contribution in [3.05, 3.63) is 24.2 Å². The zero-order chi connectivity index (χ0) is 17.0. The highest BCUT2D eigenvalue weighted by atomic mass is 16.3. The van der Waals surface area contributed by atoms with Crippen molar-refractivity contribution in [1.29, 1.82) is 0 Å².